The van der Waals surface area contributed by atoms with Gasteiger partial charge < -0.3 is 11.1 Å². The number of nitrogens with one attached hydrogen (secondary N) is 1. The number of aliphatic imine (C=N–C) groups is 1. The minimum absolute atomic E-state index is 0.370. The van der Waals surface area contributed by atoms with Crippen LogP contribution in [0.4, 0.5) is 18.9 Å². The molecule has 0 aromatic heterocycles. The number of alkyl halides is 3. The maximum absolute atomic E-state index is 12.4. The van der Waals surface area contributed by atoms with Gasteiger partial charge in [-0.2, -0.15) is 13.2 Å². The summed E-state index contributed by atoms with van der Waals surface area (Å²) in [6.07, 6.45) is -1.67. The standard InChI is InChI=1S/C17H25F3N4/c1-13-3-2-4-15(11-13)23-16(21)22-8-5-14-6-9-24(10-7-14)12-17(18,19)20/h2-4,11,14H,5-10,12H2,1H3,(H3,21,22,23). The molecule has 1 saturated heterocycles. The lowest BCUT2D eigenvalue weighted by atomic mass is 9.93. The Kier molecular flexibility index (Phi) is 6.48. The highest BCUT2D eigenvalue weighted by Crippen LogP contribution is 2.24. The highest BCUT2D eigenvalue weighted by Gasteiger charge is 2.32. The Morgan fingerprint density at radius 2 is 2.04 bits per heavy atom. The highest BCUT2D eigenvalue weighted by atomic mass is 19.4. The third-order valence-corrected chi connectivity index (χ3v) is 4.22. The van der Waals surface area contributed by atoms with Gasteiger partial charge in [-0.25, -0.2) is 0 Å². The molecule has 1 aliphatic rings. The molecule has 1 aromatic rings. The lowest BCUT2D eigenvalue weighted by Gasteiger charge is -2.32. The van der Waals surface area contributed by atoms with Crippen molar-refractivity contribution in [3.05, 3.63) is 29.8 Å². The van der Waals surface area contributed by atoms with E-state index in [1.807, 2.05) is 31.2 Å². The first-order valence-electron chi connectivity index (χ1n) is 8.24. The summed E-state index contributed by atoms with van der Waals surface area (Å²) in [7, 11) is 0. The molecular weight excluding hydrogens is 317 g/mol. The van der Waals surface area contributed by atoms with Crippen LogP contribution in [-0.2, 0) is 0 Å². The van der Waals surface area contributed by atoms with Crippen molar-refractivity contribution >= 4 is 11.6 Å². The van der Waals surface area contributed by atoms with Gasteiger partial charge in [0.2, 0.25) is 0 Å². The van der Waals surface area contributed by atoms with Crippen molar-refractivity contribution in [3.8, 4) is 0 Å². The molecule has 0 unspecified atom stereocenters. The van der Waals surface area contributed by atoms with Gasteiger partial charge in [0.05, 0.1) is 6.54 Å². The fourth-order valence-electron chi connectivity index (χ4n) is 2.96. The summed E-state index contributed by atoms with van der Waals surface area (Å²) in [5.41, 5.74) is 7.91. The maximum atomic E-state index is 12.4. The van der Waals surface area contributed by atoms with Crippen LogP contribution in [0.5, 0.6) is 0 Å². The van der Waals surface area contributed by atoms with E-state index < -0.39 is 12.7 Å². The molecule has 24 heavy (non-hydrogen) atoms. The second-order valence-corrected chi connectivity index (χ2v) is 6.38. The Hall–Kier alpha value is -1.76. The van der Waals surface area contributed by atoms with Gasteiger partial charge in [0, 0.05) is 12.2 Å². The minimum atomic E-state index is -4.10. The summed E-state index contributed by atoms with van der Waals surface area (Å²) < 4.78 is 37.1. The molecule has 0 amide bonds. The molecule has 0 spiro atoms. The van der Waals surface area contributed by atoms with Crippen LogP contribution in [0, 0.1) is 12.8 Å². The summed E-state index contributed by atoms with van der Waals surface area (Å²) >= 11 is 0. The van der Waals surface area contributed by atoms with E-state index in [4.69, 9.17) is 5.73 Å². The summed E-state index contributed by atoms with van der Waals surface area (Å²) in [4.78, 5) is 5.79. The van der Waals surface area contributed by atoms with Gasteiger partial charge in [0.15, 0.2) is 5.96 Å². The number of nitrogens with two attached hydrogens (primary N) is 1. The van der Waals surface area contributed by atoms with E-state index in [0.717, 1.165) is 30.5 Å². The summed E-state index contributed by atoms with van der Waals surface area (Å²) in [6.45, 7) is 2.80. The topological polar surface area (TPSA) is 53.6 Å². The van der Waals surface area contributed by atoms with Gasteiger partial charge in [-0.15, -0.1) is 0 Å². The van der Waals surface area contributed by atoms with Gasteiger partial charge in [-0.3, -0.25) is 9.89 Å². The zero-order chi connectivity index (χ0) is 17.6. The number of nitrogens with zero attached hydrogens (tertiary/aromatic N) is 2. The first kappa shape index (κ1) is 18.6. The minimum Gasteiger partial charge on any atom is -0.370 e. The number of piperidine rings is 1. The lowest BCUT2D eigenvalue weighted by molar-refractivity contribution is -0.148. The number of likely N-dealkylation sites (tertiary alicyclic amines) is 1. The fraction of sp³-hybridized carbons (Fsp3) is 0.588. The molecule has 0 bridgehead atoms. The second-order valence-electron chi connectivity index (χ2n) is 6.38. The van der Waals surface area contributed by atoms with Gasteiger partial charge in [0.25, 0.3) is 0 Å². The number of benzene rings is 1. The van der Waals surface area contributed by atoms with E-state index in [0.29, 0.717) is 31.5 Å². The fourth-order valence-corrected chi connectivity index (χ4v) is 2.96. The predicted molar refractivity (Wildman–Crippen MR) is 91.1 cm³/mol. The molecule has 1 aromatic carbocycles. The number of aryl methyl sites for hydroxylation is 1. The second kappa shape index (κ2) is 8.37. The Morgan fingerprint density at radius 1 is 1.33 bits per heavy atom. The van der Waals surface area contributed by atoms with E-state index in [1.54, 1.807) is 0 Å². The molecule has 134 valence electrons. The van der Waals surface area contributed by atoms with Gasteiger partial charge in [-0.1, -0.05) is 12.1 Å². The Morgan fingerprint density at radius 3 is 2.67 bits per heavy atom. The number of guanidine groups is 1. The SMILES string of the molecule is Cc1cccc(NC(N)=NCCC2CCN(CC(F)(F)F)CC2)c1. The van der Waals surface area contributed by atoms with Crippen molar-refractivity contribution in [2.75, 3.05) is 31.5 Å². The summed E-state index contributed by atoms with van der Waals surface area (Å²) in [5.74, 6) is 0.792. The van der Waals surface area contributed by atoms with E-state index in [9.17, 15) is 13.2 Å². The third kappa shape index (κ3) is 6.78. The van der Waals surface area contributed by atoms with Crippen LogP contribution in [-0.4, -0.2) is 43.2 Å². The van der Waals surface area contributed by atoms with E-state index >= 15 is 0 Å². The lowest BCUT2D eigenvalue weighted by Crippen LogP contribution is -2.40. The van der Waals surface area contributed by atoms with Gasteiger partial charge in [-0.05, 0) is 62.9 Å². The van der Waals surface area contributed by atoms with Gasteiger partial charge >= 0.3 is 6.18 Å². The molecule has 1 fully saturated rings. The third-order valence-electron chi connectivity index (χ3n) is 4.22. The predicted octanol–water partition coefficient (Wildman–Crippen LogP) is 3.39. The van der Waals surface area contributed by atoms with Crippen LogP contribution in [0.1, 0.15) is 24.8 Å². The average molecular weight is 342 g/mol. The Balaban J connectivity index is 1.69. The van der Waals surface area contributed by atoms with E-state index in [-0.39, 0.29) is 0 Å². The summed E-state index contributed by atoms with van der Waals surface area (Å²) in [6, 6.07) is 7.86. The molecule has 2 rings (SSSR count). The zero-order valence-corrected chi connectivity index (χ0v) is 13.9. The summed E-state index contributed by atoms with van der Waals surface area (Å²) in [5, 5.41) is 3.05. The smallest absolute Gasteiger partial charge is 0.370 e. The van der Waals surface area contributed by atoms with Crippen molar-refractivity contribution < 1.29 is 13.2 Å². The molecule has 0 saturated carbocycles. The Bertz CT molecular complexity index is 549. The Labute approximate surface area is 140 Å². The largest absolute Gasteiger partial charge is 0.401 e. The van der Waals surface area contributed by atoms with Crippen LogP contribution < -0.4 is 11.1 Å². The quantitative estimate of drug-likeness (QED) is 0.637. The maximum Gasteiger partial charge on any atom is 0.401 e. The molecule has 3 N–H and O–H groups in total. The number of rotatable bonds is 5. The molecule has 0 aliphatic carbocycles. The van der Waals surface area contributed by atoms with Gasteiger partial charge in [0.1, 0.15) is 0 Å². The van der Waals surface area contributed by atoms with Crippen LogP contribution >= 0.6 is 0 Å². The molecule has 0 radical (unpaired) electrons. The van der Waals surface area contributed by atoms with Crippen LogP contribution in [0.15, 0.2) is 29.3 Å². The van der Waals surface area contributed by atoms with Crippen molar-refractivity contribution in [2.45, 2.75) is 32.4 Å². The van der Waals surface area contributed by atoms with E-state index in [1.165, 1.54) is 4.90 Å². The van der Waals surface area contributed by atoms with E-state index in [2.05, 4.69) is 10.3 Å². The average Bonchev–Trinajstić information content (AvgIpc) is 2.47. The molecular formula is C17H25F3N4. The monoisotopic (exact) mass is 342 g/mol. The number of halogens is 3. The molecule has 1 heterocycles. The normalized spacial score (nSPS) is 17.9. The molecule has 7 heteroatoms. The number of anilines is 1. The first-order valence-corrected chi connectivity index (χ1v) is 8.24. The van der Waals surface area contributed by atoms with Crippen molar-refractivity contribution in [1.82, 2.24) is 4.90 Å². The first-order chi connectivity index (χ1) is 11.3. The molecule has 4 nitrogen and oxygen atoms in total. The van der Waals surface area contributed by atoms with Crippen LogP contribution in [0.2, 0.25) is 0 Å². The molecule has 0 atom stereocenters. The number of hydrogen-bond donors (Lipinski definition) is 2. The van der Waals surface area contributed by atoms with Crippen molar-refractivity contribution in [3.63, 3.8) is 0 Å². The van der Waals surface area contributed by atoms with Crippen molar-refractivity contribution in [2.24, 2.45) is 16.6 Å². The van der Waals surface area contributed by atoms with Crippen LogP contribution in [0.3, 0.4) is 0 Å². The van der Waals surface area contributed by atoms with Crippen molar-refractivity contribution in [1.29, 1.82) is 0 Å². The number of hydrogen-bond acceptors (Lipinski definition) is 2. The van der Waals surface area contributed by atoms with Crippen LogP contribution in [0.25, 0.3) is 0 Å². The molecule has 1 aliphatic heterocycles. The zero-order valence-electron chi connectivity index (χ0n) is 13.9. The highest BCUT2D eigenvalue weighted by molar-refractivity contribution is 5.92.